The predicted molar refractivity (Wildman–Crippen MR) is 137 cm³/mol. The highest BCUT2D eigenvalue weighted by atomic mass is 19.4. The van der Waals surface area contributed by atoms with Crippen molar-refractivity contribution in [3.63, 3.8) is 0 Å². The van der Waals surface area contributed by atoms with Gasteiger partial charge in [-0.15, -0.1) is 0 Å². The van der Waals surface area contributed by atoms with E-state index in [1.165, 1.54) is 6.07 Å². The molecule has 0 heterocycles. The summed E-state index contributed by atoms with van der Waals surface area (Å²) in [5, 5.41) is 28.2. The van der Waals surface area contributed by atoms with Crippen LogP contribution >= 0.6 is 0 Å². The number of halogens is 6. The lowest BCUT2D eigenvalue weighted by atomic mass is 9.69. The highest BCUT2D eigenvalue weighted by Gasteiger charge is 2.69. The van der Waals surface area contributed by atoms with Gasteiger partial charge in [-0.2, -0.15) is 26.3 Å². The van der Waals surface area contributed by atoms with Crippen LogP contribution in [0.2, 0.25) is 0 Å². The number of aliphatic carboxylic acids is 1. The lowest BCUT2D eigenvalue weighted by molar-refractivity contribution is -0.369. The zero-order valence-corrected chi connectivity index (χ0v) is 22.9. The second-order valence-corrected chi connectivity index (χ2v) is 10.2. The first-order valence-corrected chi connectivity index (χ1v) is 13.0. The molecule has 0 saturated carbocycles. The van der Waals surface area contributed by atoms with Crippen LogP contribution in [0.3, 0.4) is 0 Å². The minimum atomic E-state index is -5.86. The Hall–Kier alpha value is -2.79. The summed E-state index contributed by atoms with van der Waals surface area (Å²) in [6.45, 7) is 7.34. The summed E-state index contributed by atoms with van der Waals surface area (Å²) in [4.78, 5) is 10.7. The minimum absolute atomic E-state index is 0.0578. The smallest absolute Gasteiger partial charge is 0.426 e. The van der Waals surface area contributed by atoms with E-state index >= 15 is 0 Å². The van der Waals surface area contributed by atoms with Crippen molar-refractivity contribution in [2.75, 3.05) is 6.61 Å². The quantitative estimate of drug-likeness (QED) is 0.228. The highest BCUT2D eigenvalue weighted by Crippen LogP contribution is 2.46. The summed E-state index contributed by atoms with van der Waals surface area (Å²) in [5.41, 5.74) is -1.95. The number of aliphatic hydroxyl groups excluding tert-OH is 1. The zero-order chi connectivity index (χ0) is 30.5. The number of carbonyl (C=O) groups is 1. The van der Waals surface area contributed by atoms with Crippen LogP contribution in [-0.4, -0.2) is 52.0 Å². The molecule has 0 bridgehead atoms. The Labute approximate surface area is 229 Å². The van der Waals surface area contributed by atoms with Gasteiger partial charge in [0.2, 0.25) is 0 Å². The molecular formula is C29H36F6O5. The molecule has 5 nitrogen and oxygen atoms in total. The van der Waals surface area contributed by atoms with Gasteiger partial charge in [-0.05, 0) is 79.8 Å². The summed E-state index contributed by atoms with van der Waals surface area (Å²) < 4.78 is 84.3. The fraction of sp³-hybridized carbons (Fsp3) is 0.552. The molecule has 40 heavy (non-hydrogen) atoms. The maximum absolute atomic E-state index is 13.1. The van der Waals surface area contributed by atoms with Crippen LogP contribution in [0.5, 0.6) is 5.75 Å². The molecule has 0 fully saturated rings. The molecule has 2 aromatic carbocycles. The Balaban J connectivity index is 2.31. The molecule has 0 radical (unpaired) electrons. The van der Waals surface area contributed by atoms with Gasteiger partial charge in [0.05, 0.1) is 6.10 Å². The Bertz CT molecular complexity index is 1140. The highest BCUT2D eigenvalue weighted by molar-refractivity contribution is 5.66. The van der Waals surface area contributed by atoms with Crippen LogP contribution in [0.4, 0.5) is 26.3 Å². The standard InChI is InChI=1S/C29H36F6O5/c1-5-26(6-2,22-9-11-24(19(4)16-22)40-17-23(36)10-12-25(37)38)21-8-7-20(18(3)15-21)13-14-27(39,28(30,31)32)29(33,34)35/h7-9,11,15-16,23,36,39H,5-6,10,12-14,17H2,1-4H3,(H,37,38)/t23-/m0/s1. The van der Waals surface area contributed by atoms with Crippen molar-refractivity contribution in [1.82, 2.24) is 0 Å². The topological polar surface area (TPSA) is 87.0 Å². The van der Waals surface area contributed by atoms with Gasteiger partial charge in [0, 0.05) is 11.8 Å². The van der Waals surface area contributed by atoms with Gasteiger partial charge in [0.15, 0.2) is 0 Å². The molecule has 0 aliphatic carbocycles. The Morgan fingerprint density at radius 2 is 1.43 bits per heavy atom. The normalized spacial score (nSPS) is 13.8. The van der Waals surface area contributed by atoms with Gasteiger partial charge < -0.3 is 20.1 Å². The third-order valence-corrected chi connectivity index (χ3v) is 7.65. The number of ether oxygens (including phenoxy) is 1. The average molecular weight is 579 g/mol. The Kier molecular flexibility index (Phi) is 10.7. The number of carboxylic acids is 1. The fourth-order valence-electron chi connectivity index (χ4n) is 4.94. The van der Waals surface area contributed by atoms with Crippen molar-refractivity contribution in [1.29, 1.82) is 0 Å². The maximum atomic E-state index is 13.1. The van der Waals surface area contributed by atoms with Gasteiger partial charge in [0.25, 0.3) is 5.60 Å². The van der Waals surface area contributed by atoms with Gasteiger partial charge >= 0.3 is 18.3 Å². The Morgan fingerprint density at radius 3 is 1.88 bits per heavy atom. The first kappa shape index (κ1) is 33.4. The summed E-state index contributed by atoms with van der Waals surface area (Å²) in [7, 11) is 0. The fourth-order valence-corrected chi connectivity index (χ4v) is 4.94. The third-order valence-electron chi connectivity index (χ3n) is 7.65. The first-order valence-electron chi connectivity index (χ1n) is 13.0. The van der Waals surface area contributed by atoms with Crippen molar-refractivity contribution < 1.29 is 51.2 Å². The minimum Gasteiger partial charge on any atom is -0.491 e. The molecular weight excluding hydrogens is 542 g/mol. The second kappa shape index (κ2) is 12.8. The maximum Gasteiger partial charge on any atom is 0.426 e. The SMILES string of the molecule is CCC(CC)(c1ccc(CCC(O)(C(F)(F)F)C(F)(F)F)c(C)c1)c1ccc(OC[C@@H](O)CCC(=O)O)c(C)c1. The zero-order valence-electron chi connectivity index (χ0n) is 22.9. The summed E-state index contributed by atoms with van der Waals surface area (Å²) in [5.74, 6) is -0.491. The monoisotopic (exact) mass is 578 g/mol. The van der Waals surface area contributed by atoms with Crippen molar-refractivity contribution in [2.24, 2.45) is 0 Å². The lowest BCUT2D eigenvalue weighted by Crippen LogP contribution is -2.57. The van der Waals surface area contributed by atoms with E-state index in [2.05, 4.69) is 0 Å². The molecule has 0 aliphatic heterocycles. The number of hydrogen-bond acceptors (Lipinski definition) is 4. The molecule has 0 spiro atoms. The summed E-state index contributed by atoms with van der Waals surface area (Å²) in [6, 6.07) is 10.5. The van der Waals surface area contributed by atoms with Crippen LogP contribution in [0.25, 0.3) is 0 Å². The summed E-state index contributed by atoms with van der Waals surface area (Å²) >= 11 is 0. The average Bonchev–Trinajstić information content (AvgIpc) is 2.86. The molecule has 0 aliphatic rings. The molecule has 2 rings (SSSR count). The predicted octanol–water partition coefficient (Wildman–Crippen LogP) is 6.80. The van der Waals surface area contributed by atoms with Gasteiger partial charge in [-0.25, -0.2) is 0 Å². The van der Waals surface area contributed by atoms with Crippen LogP contribution in [-0.2, 0) is 16.6 Å². The largest absolute Gasteiger partial charge is 0.491 e. The van der Waals surface area contributed by atoms with Crippen molar-refractivity contribution >= 4 is 5.97 Å². The van der Waals surface area contributed by atoms with Crippen molar-refractivity contribution in [3.8, 4) is 5.75 Å². The van der Waals surface area contributed by atoms with E-state index in [0.29, 0.717) is 24.2 Å². The van der Waals surface area contributed by atoms with Gasteiger partial charge in [-0.3, -0.25) is 4.79 Å². The van der Waals surface area contributed by atoms with Crippen LogP contribution in [0.1, 0.15) is 73.8 Å². The number of rotatable bonds is 13. The number of aliphatic hydroxyl groups is 2. The van der Waals surface area contributed by atoms with Crippen LogP contribution < -0.4 is 4.74 Å². The van der Waals surface area contributed by atoms with Gasteiger partial charge in [-0.1, -0.05) is 44.2 Å². The van der Waals surface area contributed by atoms with E-state index in [-0.39, 0.29) is 25.0 Å². The van der Waals surface area contributed by atoms with Crippen LogP contribution in [0.15, 0.2) is 36.4 Å². The van der Waals surface area contributed by atoms with E-state index in [9.17, 15) is 41.4 Å². The van der Waals surface area contributed by atoms with Crippen molar-refractivity contribution in [3.05, 3.63) is 64.2 Å². The molecule has 2 aromatic rings. The molecule has 224 valence electrons. The van der Waals surface area contributed by atoms with E-state index < -0.39 is 48.3 Å². The molecule has 0 amide bonds. The molecule has 1 atom stereocenters. The molecule has 3 N–H and O–H groups in total. The number of benzene rings is 2. The second-order valence-electron chi connectivity index (χ2n) is 10.2. The third kappa shape index (κ3) is 7.28. The van der Waals surface area contributed by atoms with Gasteiger partial charge in [0.1, 0.15) is 12.4 Å². The summed E-state index contributed by atoms with van der Waals surface area (Å²) in [6.07, 6.45) is -13.6. The molecule has 0 unspecified atom stereocenters. The van der Waals surface area contributed by atoms with E-state index in [1.807, 2.05) is 32.9 Å². The Morgan fingerprint density at radius 1 is 0.900 bits per heavy atom. The number of alkyl halides is 6. The van der Waals surface area contributed by atoms with E-state index in [1.54, 1.807) is 25.1 Å². The molecule has 0 aromatic heterocycles. The van der Waals surface area contributed by atoms with Crippen molar-refractivity contribution in [2.45, 2.75) is 95.7 Å². The number of carboxylic acid groups (broad SMARTS) is 1. The van der Waals surface area contributed by atoms with E-state index in [4.69, 9.17) is 9.84 Å². The van der Waals surface area contributed by atoms with Crippen LogP contribution in [0, 0.1) is 13.8 Å². The first-order chi connectivity index (χ1) is 18.4. The van der Waals surface area contributed by atoms with E-state index in [0.717, 1.165) is 16.7 Å². The molecule has 11 heteroatoms. The number of hydrogen-bond donors (Lipinski definition) is 3. The number of aryl methyl sites for hydroxylation is 3. The molecule has 0 saturated heterocycles. The lowest BCUT2D eigenvalue weighted by Gasteiger charge is -2.35.